The molecule has 0 aromatic heterocycles. The molecule has 0 aliphatic rings. The standard InChI is InChI=1S/C10H13N.3C2H6/c1-4-11-10-8(2)6-5-7-9(10)3;3*1-2/h4-7H,1-3H3;3*1-2H3. The van der Waals surface area contributed by atoms with Gasteiger partial charge in [-0.1, -0.05) is 59.7 Å². The molecule has 1 aromatic carbocycles. The van der Waals surface area contributed by atoms with E-state index in [4.69, 9.17) is 0 Å². The van der Waals surface area contributed by atoms with E-state index in [1.54, 1.807) is 0 Å². The van der Waals surface area contributed by atoms with Crippen LogP contribution in [0.15, 0.2) is 23.2 Å². The van der Waals surface area contributed by atoms with E-state index < -0.39 is 0 Å². The highest BCUT2D eigenvalue weighted by atomic mass is 14.7. The van der Waals surface area contributed by atoms with Gasteiger partial charge in [0.25, 0.3) is 0 Å². The fourth-order valence-electron chi connectivity index (χ4n) is 1.14. The first kappa shape index (κ1) is 21.2. The molecule has 0 aliphatic carbocycles. The van der Waals surface area contributed by atoms with Gasteiger partial charge in [0, 0.05) is 6.21 Å². The molecule has 100 valence electrons. The lowest BCUT2D eigenvalue weighted by Crippen LogP contribution is -1.78. The Morgan fingerprint density at radius 2 is 1.18 bits per heavy atom. The smallest absolute Gasteiger partial charge is 0.0683 e. The molecule has 0 N–H and O–H groups in total. The molecule has 0 saturated heterocycles. The van der Waals surface area contributed by atoms with Gasteiger partial charge in [0.1, 0.15) is 0 Å². The fourth-order valence-corrected chi connectivity index (χ4v) is 1.14. The van der Waals surface area contributed by atoms with Gasteiger partial charge in [-0.15, -0.1) is 0 Å². The van der Waals surface area contributed by atoms with E-state index in [1.165, 1.54) is 11.1 Å². The average Bonchev–Trinajstić information content (AvgIpc) is 2.41. The second-order valence-corrected chi connectivity index (χ2v) is 2.63. The lowest BCUT2D eigenvalue weighted by atomic mass is 10.1. The topological polar surface area (TPSA) is 12.4 Å². The summed E-state index contributed by atoms with van der Waals surface area (Å²) in [5.41, 5.74) is 3.58. The van der Waals surface area contributed by atoms with Gasteiger partial charge in [0.2, 0.25) is 0 Å². The van der Waals surface area contributed by atoms with Gasteiger partial charge in [-0.2, -0.15) is 0 Å². The average molecular weight is 237 g/mol. The summed E-state index contributed by atoms with van der Waals surface area (Å²) < 4.78 is 0. The third-order valence-corrected chi connectivity index (χ3v) is 1.70. The molecule has 17 heavy (non-hydrogen) atoms. The van der Waals surface area contributed by atoms with Crippen molar-refractivity contribution in [2.75, 3.05) is 0 Å². The van der Waals surface area contributed by atoms with Gasteiger partial charge in [0.15, 0.2) is 0 Å². The van der Waals surface area contributed by atoms with E-state index in [0.717, 1.165) is 5.69 Å². The van der Waals surface area contributed by atoms with Gasteiger partial charge >= 0.3 is 0 Å². The molecular formula is C16H31N. The minimum atomic E-state index is 1.11. The van der Waals surface area contributed by atoms with Crippen LogP contribution in [0.1, 0.15) is 59.6 Å². The number of hydrogen-bond acceptors (Lipinski definition) is 1. The highest BCUT2D eigenvalue weighted by Gasteiger charge is 1.96. The predicted molar refractivity (Wildman–Crippen MR) is 83.8 cm³/mol. The minimum absolute atomic E-state index is 1.11. The second-order valence-electron chi connectivity index (χ2n) is 2.63. The predicted octanol–water partition coefficient (Wildman–Crippen LogP) is 6.10. The van der Waals surface area contributed by atoms with Crippen LogP contribution in [0, 0.1) is 13.8 Å². The molecule has 0 amide bonds. The minimum Gasteiger partial charge on any atom is -0.261 e. The van der Waals surface area contributed by atoms with Crippen molar-refractivity contribution in [3.63, 3.8) is 0 Å². The van der Waals surface area contributed by atoms with Gasteiger partial charge < -0.3 is 0 Å². The van der Waals surface area contributed by atoms with Crippen molar-refractivity contribution >= 4 is 11.9 Å². The Morgan fingerprint density at radius 3 is 1.47 bits per heavy atom. The first-order valence-electron chi connectivity index (χ1n) is 6.80. The Hall–Kier alpha value is -1.11. The third-order valence-electron chi connectivity index (χ3n) is 1.70. The monoisotopic (exact) mass is 237 g/mol. The summed E-state index contributed by atoms with van der Waals surface area (Å²) in [6.07, 6.45) is 1.83. The van der Waals surface area contributed by atoms with Crippen molar-refractivity contribution in [1.82, 2.24) is 0 Å². The van der Waals surface area contributed by atoms with Crippen LogP contribution < -0.4 is 0 Å². The number of para-hydroxylation sites is 1. The van der Waals surface area contributed by atoms with E-state index in [1.807, 2.05) is 54.7 Å². The number of benzene rings is 1. The lowest BCUT2D eigenvalue weighted by Gasteiger charge is -2.02. The molecule has 0 unspecified atom stereocenters. The van der Waals surface area contributed by atoms with Crippen molar-refractivity contribution in [3.8, 4) is 0 Å². The highest BCUT2D eigenvalue weighted by molar-refractivity contribution is 5.64. The fraction of sp³-hybridized carbons (Fsp3) is 0.562. The zero-order chi connectivity index (χ0) is 14.3. The van der Waals surface area contributed by atoms with Crippen molar-refractivity contribution in [3.05, 3.63) is 29.3 Å². The molecule has 0 saturated carbocycles. The van der Waals surface area contributed by atoms with Crippen LogP contribution >= 0.6 is 0 Å². The SMILES string of the molecule is CC.CC.CC.CC=Nc1c(C)cccc1C. The summed E-state index contributed by atoms with van der Waals surface area (Å²) in [4.78, 5) is 4.28. The maximum absolute atomic E-state index is 4.28. The molecule has 1 heteroatoms. The largest absolute Gasteiger partial charge is 0.261 e. The Kier molecular flexibility index (Phi) is 21.6. The molecule has 1 aromatic rings. The number of nitrogens with zero attached hydrogens (tertiary/aromatic N) is 1. The van der Waals surface area contributed by atoms with Gasteiger partial charge in [-0.05, 0) is 31.9 Å². The van der Waals surface area contributed by atoms with E-state index in [0.29, 0.717) is 0 Å². The molecule has 0 radical (unpaired) electrons. The lowest BCUT2D eigenvalue weighted by molar-refractivity contribution is 1.33. The molecule has 0 fully saturated rings. The first-order valence-corrected chi connectivity index (χ1v) is 6.80. The molecule has 0 heterocycles. The summed E-state index contributed by atoms with van der Waals surface area (Å²) >= 11 is 0. The maximum atomic E-state index is 4.28. The zero-order valence-corrected chi connectivity index (χ0v) is 13.3. The number of aliphatic imine (C=N–C) groups is 1. The van der Waals surface area contributed by atoms with E-state index >= 15 is 0 Å². The molecule has 0 aliphatic heterocycles. The Labute approximate surface area is 109 Å². The summed E-state index contributed by atoms with van der Waals surface area (Å²) in [7, 11) is 0. The number of aryl methyl sites for hydroxylation is 2. The number of hydrogen-bond donors (Lipinski definition) is 0. The van der Waals surface area contributed by atoms with Gasteiger partial charge in [0.05, 0.1) is 5.69 Å². The molecule has 0 spiro atoms. The quantitative estimate of drug-likeness (QED) is 0.523. The van der Waals surface area contributed by atoms with Crippen molar-refractivity contribution in [2.45, 2.75) is 62.3 Å². The van der Waals surface area contributed by atoms with Crippen molar-refractivity contribution in [1.29, 1.82) is 0 Å². The Morgan fingerprint density at radius 1 is 0.824 bits per heavy atom. The summed E-state index contributed by atoms with van der Waals surface area (Å²) in [6, 6.07) is 6.21. The van der Waals surface area contributed by atoms with Crippen LogP contribution in [-0.2, 0) is 0 Å². The van der Waals surface area contributed by atoms with Crippen LogP contribution in [0.2, 0.25) is 0 Å². The molecule has 1 rings (SSSR count). The van der Waals surface area contributed by atoms with Crippen LogP contribution in [0.25, 0.3) is 0 Å². The molecule has 0 bridgehead atoms. The van der Waals surface area contributed by atoms with E-state index in [-0.39, 0.29) is 0 Å². The third kappa shape index (κ3) is 9.80. The summed E-state index contributed by atoms with van der Waals surface area (Å²) in [5.74, 6) is 0. The van der Waals surface area contributed by atoms with Crippen LogP contribution in [0.4, 0.5) is 5.69 Å². The maximum Gasteiger partial charge on any atom is 0.0683 e. The Bertz CT molecular complexity index is 255. The van der Waals surface area contributed by atoms with E-state index in [9.17, 15) is 0 Å². The van der Waals surface area contributed by atoms with Gasteiger partial charge in [-0.25, -0.2) is 0 Å². The summed E-state index contributed by atoms with van der Waals surface area (Å²) in [5, 5.41) is 0. The number of rotatable bonds is 1. The van der Waals surface area contributed by atoms with E-state index in [2.05, 4.69) is 37.0 Å². The molecule has 0 atom stereocenters. The van der Waals surface area contributed by atoms with Gasteiger partial charge in [-0.3, -0.25) is 4.99 Å². The van der Waals surface area contributed by atoms with Crippen LogP contribution in [0.3, 0.4) is 0 Å². The Balaban J connectivity index is -0.000000285. The summed E-state index contributed by atoms with van der Waals surface area (Å²) in [6.45, 7) is 18.1. The highest BCUT2D eigenvalue weighted by Crippen LogP contribution is 2.21. The molecular weight excluding hydrogens is 206 g/mol. The van der Waals surface area contributed by atoms with Crippen LogP contribution in [-0.4, -0.2) is 6.21 Å². The zero-order valence-electron chi connectivity index (χ0n) is 13.3. The van der Waals surface area contributed by atoms with Crippen molar-refractivity contribution in [2.24, 2.45) is 4.99 Å². The second kappa shape index (κ2) is 17.3. The van der Waals surface area contributed by atoms with Crippen molar-refractivity contribution < 1.29 is 0 Å². The molecule has 1 nitrogen and oxygen atoms in total. The van der Waals surface area contributed by atoms with Crippen LogP contribution in [0.5, 0.6) is 0 Å². The first-order chi connectivity index (χ1) is 8.25. The normalized spacial score (nSPS) is 8.06.